The van der Waals surface area contributed by atoms with Crippen molar-refractivity contribution in [1.29, 1.82) is 0 Å². The average molecular weight is 341 g/mol. The molecule has 1 aromatic carbocycles. The zero-order valence-electron chi connectivity index (χ0n) is 11.0. The summed E-state index contributed by atoms with van der Waals surface area (Å²) in [7, 11) is -3.71. The van der Waals surface area contributed by atoms with E-state index >= 15 is 0 Å². The molecule has 0 fully saturated rings. The van der Waals surface area contributed by atoms with Crippen molar-refractivity contribution >= 4 is 39.0 Å². The van der Waals surface area contributed by atoms with Gasteiger partial charge in [0.1, 0.15) is 9.90 Å². The van der Waals surface area contributed by atoms with Gasteiger partial charge >= 0.3 is 0 Å². The van der Waals surface area contributed by atoms with Crippen LogP contribution in [0.25, 0.3) is 0 Å². The second-order valence-corrected chi connectivity index (χ2v) is 8.67. The minimum atomic E-state index is -3.71. The molecule has 0 saturated heterocycles. The summed E-state index contributed by atoms with van der Waals surface area (Å²) in [5.41, 5.74) is 0.245. The molecular weight excluding hydrogens is 330 g/mol. The zero-order valence-corrected chi connectivity index (χ0v) is 13.5. The van der Waals surface area contributed by atoms with Crippen molar-refractivity contribution in [3.63, 3.8) is 0 Å². The minimum absolute atomic E-state index is 0.0896. The van der Waals surface area contributed by atoms with Crippen molar-refractivity contribution < 1.29 is 13.2 Å². The topological polar surface area (TPSA) is 80.2 Å². The molecule has 110 valence electrons. The number of rotatable bonds is 4. The first-order chi connectivity index (χ1) is 10.00. The summed E-state index contributed by atoms with van der Waals surface area (Å²) in [6.45, 7) is 1.98. The Balaban J connectivity index is 1.74. The molecule has 1 aliphatic rings. The third kappa shape index (κ3) is 2.56. The lowest BCUT2D eigenvalue weighted by molar-refractivity contribution is 0.0876. The Bertz CT molecular complexity index is 801. The maximum absolute atomic E-state index is 12.3. The smallest absolute Gasteiger partial charge is 0.268 e. The lowest BCUT2D eigenvalue weighted by Crippen LogP contribution is -2.32. The van der Waals surface area contributed by atoms with Gasteiger partial charge in [-0.1, -0.05) is 35.2 Å². The summed E-state index contributed by atoms with van der Waals surface area (Å²) in [6, 6.07) is 6.28. The van der Waals surface area contributed by atoms with E-state index < -0.39 is 15.9 Å². The van der Waals surface area contributed by atoms with Crippen LogP contribution < -0.4 is 0 Å². The fourth-order valence-electron chi connectivity index (χ4n) is 2.00. The van der Waals surface area contributed by atoms with Gasteiger partial charge < -0.3 is 0 Å². The van der Waals surface area contributed by atoms with E-state index in [4.69, 9.17) is 0 Å². The summed E-state index contributed by atoms with van der Waals surface area (Å²) in [5, 5.41) is 8.70. The number of carbonyl (C=O) groups is 1. The summed E-state index contributed by atoms with van der Waals surface area (Å²) >= 11 is 2.84. The third-order valence-electron chi connectivity index (χ3n) is 2.94. The molecule has 21 heavy (non-hydrogen) atoms. The van der Waals surface area contributed by atoms with Gasteiger partial charge in [-0.15, -0.1) is 10.2 Å². The van der Waals surface area contributed by atoms with Crippen LogP contribution in [0.3, 0.4) is 0 Å². The van der Waals surface area contributed by atoms with Crippen LogP contribution in [0.15, 0.2) is 33.5 Å². The van der Waals surface area contributed by atoms with Gasteiger partial charge in [-0.3, -0.25) is 4.79 Å². The summed E-state index contributed by atoms with van der Waals surface area (Å²) in [6.07, 6.45) is 0. The molecule has 0 aliphatic carbocycles. The van der Waals surface area contributed by atoms with E-state index in [9.17, 15) is 13.2 Å². The number of benzene rings is 1. The second kappa shape index (κ2) is 5.39. The first-order valence-electron chi connectivity index (χ1n) is 6.09. The average Bonchev–Trinajstić information content (AvgIpc) is 2.95. The van der Waals surface area contributed by atoms with E-state index in [1.165, 1.54) is 35.2 Å². The van der Waals surface area contributed by atoms with Crippen LogP contribution in [0.1, 0.15) is 15.4 Å². The van der Waals surface area contributed by atoms with Crippen LogP contribution in [-0.2, 0) is 10.0 Å². The molecule has 0 unspecified atom stereocenters. The molecule has 2 heterocycles. The number of thioether (sulfide) groups is 1. The monoisotopic (exact) mass is 341 g/mol. The Kier molecular flexibility index (Phi) is 3.72. The highest BCUT2D eigenvalue weighted by Crippen LogP contribution is 2.30. The second-order valence-electron chi connectivity index (χ2n) is 4.31. The molecule has 1 aliphatic heterocycles. The molecule has 0 radical (unpaired) electrons. The van der Waals surface area contributed by atoms with Crippen molar-refractivity contribution in [2.24, 2.45) is 0 Å². The maximum Gasteiger partial charge on any atom is 0.269 e. The van der Waals surface area contributed by atoms with Gasteiger partial charge in [-0.25, -0.2) is 12.7 Å². The van der Waals surface area contributed by atoms with Crippen LogP contribution in [0.4, 0.5) is 0 Å². The van der Waals surface area contributed by atoms with Crippen LogP contribution in [0.5, 0.6) is 0 Å². The fourth-order valence-corrected chi connectivity index (χ4v) is 5.50. The molecule has 0 bridgehead atoms. The molecule has 9 heteroatoms. The predicted molar refractivity (Wildman–Crippen MR) is 80.0 cm³/mol. The Labute approximate surface area is 130 Å². The Morgan fingerprint density at radius 3 is 2.71 bits per heavy atom. The van der Waals surface area contributed by atoms with Gasteiger partial charge in [-0.2, -0.15) is 0 Å². The highest BCUT2D eigenvalue weighted by molar-refractivity contribution is 8.01. The van der Waals surface area contributed by atoms with Gasteiger partial charge in [0.05, 0.1) is 5.56 Å². The molecular formula is C12H11N3O3S3. The molecule has 0 N–H and O–H groups in total. The zero-order chi connectivity index (χ0) is 15.0. The van der Waals surface area contributed by atoms with Crippen LogP contribution in [-0.4, -0.2) is 41.1 Å². The lowest BCUT2D eigenvalue weighted by Gasteiger charge is -2.13. The van der Waals surface area contributed by atoms with Crippen LogP contribution in [0, 0.1) is 6.92 Å². The molecule has 0 spiro atoms. The molecule has 2 aromatic rings. The van der Waals surface area contributed by atoms with Crippen LogP contribution >= 0.6 is 23.1 Å². The van der Waals surface area contributed by atoms with E-state index in [0.717, 1.165) is 13.7 Å². The number of carbonyl (C=O) groups excluding carboxylic acids is 1. The highest BCUT2D eigenvalue weighted by atomic mass is 32.2. The number of hydrogen-bond acceptors (Lipinski definition) is 7. The van der Waals surface area contributed by atoms with Crippen molar-refractivity contribution in [3.05, 3.63) is 34.8 Å². The molecule has 0 atom stereocenters. The summed E-state index contributed by atoms with van der Waals surface area (Å²) < 4.78 is 26.3. The van der Waals surface area contributed by atoms with Crippen molar-refractivity contribution in [2.75, 3.05) is 12.3 Å². The largest absolute Gasteiger partial charge is 0.269 e. The molecule has 0 saturated carbocycles. The lowest BCUT2D eigenvalue weighted by atomic mass is 10.2. The SMILES string of the molecule is Cc1nnc(SCCN2C(=O)c3ccccc3S2(=O)=O)s1. The fraction of sp³-hybridized carbons (Fsp3) is 0.250. The molecule has 6 nitrogen and oxygen atoms in total. The van der Waals surface area contributed by atoms with Crippen molar-refractivity contribution in [3.8, 4) is 0 Å². The number of hydrogen-bond donors (Lipinski definition) is 0. The van der Waals surface area contributed by atoms with Gasteiger partial charge in [-0.05, 0) is 19.1 Å². The predicted octanol–water partition coefficient (Wildman–Crippen LogP) is 1.78. The van der Waals surface area contributed by atoms with Gasteiger partial charge in [0.15, 0.2) is 4.34 Å². The van der Waals surface area contributed by atoms with Gasteiger partial charge in [0.2, 0.25) is 0 Å². The maximum atomic E-state index is 12.3. The summed E-state index contributed by atoms with van der Waals surface area (Å²) in [4.78, 5) is 12.3. The van der Waals surface area contributed by atoms with Crippen molar-refractivity contribution in [2.45, 2.75) is 16.2 Å². The number of sulfonamides is 1. The quantitative estimate of drug-likeness (QED) is 0.789. The third-order valence-corrected chi connectivity index (χ3v) is 6.73. The van der Waals surface area contributed by atoms with Crippen molar-refractivity contribution in [1.82, 2.24) is 14.5 Å². The molecule has 1 amide bonds. The highest BCUT2D eigenvalue weighted by Gasteiger charge is 2.40. The van der Waals surface area contributed by atoms with E-state index in [1.807, 2.05) is 6.92 Å². The Morgan fingerprint density at radius 2 is 2.05 bits per heavy atom. The van der Waals surface area contributed by atoms with Crippen LogP contribution in [0.2, 0.25) is 0 Å². The van der Waals surface area contributed by atoms with E-state index in [2.05, 4.69) is 10.2 Å². The van der Waals surface area contributed by atoms with E-state index in [1.54, 1.807) is 12.1 Å². The number of aromatic nitrogens is 2. The number of aryl methyl sites for hydroxylation is 1. The first kappa shape index (κ1) is 14.5. The molecule has 3 rings (SSSR count). The van der Waals surface area contributed by atoms with E-state index in [0.29, 0.717) is 5.75 Å². The first-order valence-corrected chi connectivity index (χ1v) is 9.33. The van der Waals surface area contributed by atoms with Gasteiger partial charge in [0.25, 0.3) is 15.9 Å². The normalized spacial score (nSPS) is 16.2. The number of nitrogens with zero attached hydrogens (tertiary/aromatic N) is 3. The summed E-state index contributed by atoms with van der Waals surface area (Å²) in [5.74, 6) is -0.00669. The Morgan fingerprint density at radius 1 is 1.29 bits per heavy atom. The van der Waals surface area contributed by atoms with E-state index in [-0.39, 0.29) is 17.0 Å². The number of amides is 1. The molecule has 1 aromatic heterocycles. The number of fused-ring (bicyclic) bond motifs is 1. The Hall–Kier alpha value is -1.45. The van der Waals surface area contributed by atoms with Gasteiger partial charge in [0, 0.05) is 12.3 Å². The standard InChI is InChI=1S/C12H11N3O3S3/c1-8-13-14-12(20-8)19-7-6-15-11(16)9-4-2-3-5-10(9)21(15,17)18/h2-5H,6-7H2,1H3. The minimum Gasteiger partial charge on any atom is -0.268 e.